The average Bonchev–Trinajstić information content (AvgIpc) is 3.47. The molecule has 2 aliphatic heterocycles. The standard InChI is InChI=1S/C27H24BrClN2O6S/c1-4-6-18-23(26(33)35-5-2)24(16-11-15(29)7-8-19(16)34-3)31-25(32)22(38-27(31)30-18)10-14-9-20-21(12-17(14)28)37-13-36-20/h7-12,24H,4-6,13H2,1-3H3/b22-10+/t24-/m1/s1. The molecule has 3 aromatic rings. The highest BCUT2D eigenvalue weighted by Crippen LogP contribution is 2.39. The van der Waals surface area contributed by atoms with E-state index in [1.807, 2.05) is 19.1 Å². The molecule has 5 rings (SSSR count). The van der Waals surface area contributed by atoms with Gasteiger partial charge in [0.1, 0.15) is 11.8 Å². The summed E-state index contributed by atoms with van der Waals surface area (Å²) in [4.78, 5) is 32.6. The lowest BCUT2D eigenvalue weighted by atomic mass is 9.93. The van der Waals surface area contributed by atoms with E-state index in [1.165, 1.54) is 23.0 Å². The molecule has 1 aromatic heterocycles. The van der Waals surface area contributed by atoms with Crippen molar-refractivity contribution in [3.05, 3.63) is 81.9 Å². The summed E-state index contributed by atoms with van der Waals surface area (Å²) in [5, 5.41) is 0.449. The van der Waals surface area contributed by atoms with Gasteiger partial charge in [-0.05, 0) is 55.3 Å². The molecule has 198 valence electrons. The molecule has 0 amide bonds. The Morgan fingerprint density at radius 3 is 2.74 bits per heavy atom. The van der Waals surface area contributed by atoms with E-state index in [4.69, 9.17) is 35.5 Å². The number of benzene rings is 2. The molecule has 0 N–H and O–H groups in total. The van der Waals surface area contributed by atoms with Crippen LogP contribution in [0.1, 0.15) is 43.9 Å². The fourth-order valence-corrected chi connectivity index (χ4v) is 6.15. The highest BCUT2D eigenvalue weighted by atomic mass is 79.9. The number of carbonyl (C=O) groups is 1. The van der Waals surface area contributed by atoms with Crippen molar-refractivity contribution in [2.24, 2.45) is 4.99 Å². The third-order valence-electron chi connectivity index (χ3n) is 6.16. The summed E-state index contributed by atoms with van der Waals surface area (Å²) in [6.45, 7) is 4.08. The minimum absolute atomic E-state index is 0.145. The normalized spacial score (nSPS) is 16.3. The maximum absolute atomic E-state index is 14.0. The third-order valence-corrected chi connectivity index (χ3v) is 8.06. The summed E-state index contributed by atoms with van der Waals surface area (Å²) in [5.41, 5.74) is 1.90. The number of carbonyl (C=O) groups excluding carboxylic acids is 1. The van der Waals surface area contributed by atoms with Crippen molar-refractivity contribution in [2.45, 2.75) is 32.7 Å². The second kappa shape index (κ2) is 11.0. The zero-order valence-electron chi connectivity index (χ0n) is 20.9. The van der Waals surface area contributed by atoms with Gasteiger partial charge in [0.2, 0.25) is 6.79 Å². The topological polar surface area (TPSA) is 88.4 Å². The van der Waals surface area contributed by atoms with Gasteiger partial charge in [-0.3, -0.25) is 9.36 Å². The van der Waals surface area contributed by atoms with Crippen molar-refractivity contribution in [3.8, 4) is 17.2 Å². The molecule has 0 saturated heterocycles. The van der Waals surface area contributed by atoms with Gasteiger partial charge < -0.3 is 18.9 Å². The second-order valence-electron chi connectivity index (χ2n) is 8.53. The van der Waals surface area contributed by atoms with E-state index in [0.717, 1.165) is 16.5 Å². The van der Waals surface area contributed by atoms with E-state index in [-0.39, 0.29) is 19.0 Å². The predicted octanol–water partition coefficient (Wildman–Crippen LogP) is 4.73. The SMILES string of the molecule is CCCC1=C(C(=O)OCC)[C@@H](c2cc(Cl)ccc2OC)n2c(s/c(=C/c3cc4c(cc3Br)OCO4)c2=O)=N1. The van der Waals surface area contributed by atoms with Gasteiger partial charge in [-0.25, -0.2) is 9.79 Å². The average molecular weight is 620 g/mol. The first kappa shape index (κ1) is 26.5. The van der Waals surface area contributed by atoms with Gasteiger partial charge in [0.05, 0.1) is 29.5 Å². The molecule has 2 aliphatic rings. The van der Waals surface area contributed by atoms with Crippen LogP contribution in [0.25, 0.3) is 6.08 Å². The number of fused-ring (bicyclic) bond motifs is 2. The van der Waals surface area contributed by atoms with E-state index in [9.17, 15) is 9.59 Å². The minimum Gasteiger partial charge on any atom is -0.496 e. The van der Waals surface area contributed by atoms with Crippen LogP contribution in [0.2, 0.25) is 5.02 Å². The Hall–Kier alpha value is -3.08. The molecule has 0 unspecified atom stereocenters. The molecule has 0 aliphatic carbocycles. The highest BCUT2D eigenvalue weighted by molar-refractivity contribution is 9.10. The largest absolute Gasteiger partial charge is 0.496 e. The zero-order valence-corrected chi connectivity index (χ0v) is 24.0. The van der Waals surface area contributed by atoms with Crippen LogP contribution < -0.4 is 29.1 Å². The third kappa shape index (κ3) is 4.76. The van der Waals surface area contributed by atoms with Crippen LogP contribution in [-0.4, -0.2) is 31.0 Å². The van der Waals surface area contributed by atoms with Crippen LogP contribution in [0.4, 0.5) is 0 Å². The van der Waals surface area contributed by atoms with Crippen molar-refractivity contribution >= 4 is 50.9 Å². The fraction of sp³-hybridized carbons (Fsp3) is 0.296. The second-order valence-corrected chi connectivity index (χ2v) is 10.8. The first-order chi connectivity index (χ1) is 18.4. The van der Waals surface area contributed by atoms with Gasteiger partial charge in [-0.15, -0.1) is 0 Å². The van der Waals surface area contributed by atoms with Crippen molar-refractivity contribution in [1.82, 2.24) is 4.57 Å². The Balaban J connectivity index is 1.79. The minimum atomic E-state index is -0.831. The summed E-state index contributed by atoms with van der Waals surface area (Å²) in [6, 6.07) is 7.93. The lowest BCUT2D eigenvalue weighted by Gasteiger charge is -2.27. The van der Waals surface area contributed by atoms with Crippen molar-refractivity contribution in [2.75, 3.05) is 20.5 Å². The first-order valence-electron chi connectivity index (χ1n) is 12.0. The first-order valence-corrected chi connectivity index (χ1v) is 14.0. The number of allylic oxidation sites excluding steroid dienone is 1. The summed E-state index contributed by atoms with van der Waals surface area (Å²) >= 11 is 11.2. The van der Waals surface area contributed by atoms with E-state index < -0.39 is 12.0 Å². The summed E-state index contributed by atoms with van der Waals surface area (Å²) in [6.07, 6.45) is 3.06. The Morgan fingerprint density at radius 2 is 2.03 bits per heavy atom. The molecule has 0 spiro atoms. The number of rotatable bonds is 7. The molecule has 3 heterocycles. The Kier molecular flexibility index (Phi) is 7.65. The van der Waals surface area contributed by atoms with Crippen LogP contribution in [0.3, 0.4) is 0 Å². The number of hydrogen-bond acceptors (Lipinski definition) is 8. The lowest BCUT2D eigenvalue weighted by Crippen LogP contribution is -2.40. The molecular formula is C27H24BrClN2O6S. The highest BCUT2D eigenvalue weighted by Gasteiger charge is 2.36. The maximum Gasteiger partial charge on any atom is 0.338 e. The molecule has 0 radical (unpaired) electrons. The van der Waals surface area contributed by atoms with Gasteiger partial charge in [0.15, 0.2) is 16.3 Å². The number of thiazole rings is 1. The number of hydrogen-bond donors (Lipinski definition) is 0. The number of nitrogens with zero attached hydrogens (tertiary/aromatic N) is 2. The number of methoxy groups -OCH3 is 1. The zero-order chi connectivity index (χ0) is 27.0. The molecule has 0 bridgehead atoms. The maximum atomic E-state index is 14.0. The molecule has 38 heavy (non-hydrogen) atoms. The van der Waals surface area contributed by atoms with Gasteiger partial charge in [0, 0.05) is 15.1 Å². The van der Waals surface area contributed by atoms with Crippen LogP contribution in [0.15, 0.2) is 55.9 Å². The number of aromatic nitrogens is 1. The summed E-state index contributed by atoms with van der Waals surface area (Å²) in [7, 11) is 1.54. The van der Waals surface area contributed by atoms with Crippen LogP contribution in [0, 0.1) is 0 Å². The molecule has 11 heteroatoms. The molecule has 8 nitrogen and oxygen atoms in total. The molecule has 2 aromatic carbocycles. The van der Waals surface area contributed by atoms with Crippen molar-refractivity contribution in [1.29, 1.82) is 0 Å². The summed E-state index contributed by atoms with van der Waals surface area (Å²) in [5.74, 6) is 1.20. The predicted molar refractivity (Wildman–Crippen MR) is 148 cm³/mol. The van der Waals surface area contributed by atoms with Crippen LogP contribution in [-0.2, 0) is 9.53 Å². The van der Waals surface area contributed by atoms with E-state index in [0.29, 0.717) is 54.9 Å². The number of ether oxygens (including phenoxy) is 4. The van der Waals surface area contributed by atoms with Crippen molar-refractivity contribution in [3.63, 3.8) is 0 Å². The Bertz CT molecular complexity index is 1640. The van der Waals surface area contributed by atoms with E-state index in [1.54, 1.807) is 31.2 Å². The smallest absolute Gasteiger partial charge is 0.338 e. The Labute approximate surface area is 235 Å². The monoisotopic (exact) mass is 618 g/mol. The molecule has 0 saturated carbocycles. The summed E-state index contributed by atoms with van der Waals surface area (Å²) < 4.78 is 24.8. The lowest BCUT2D eigenvalue weighted by molar-refractivity contribution is -0.139. The van der Waals surface area contributed by atoms with Gasteiger partial charge >= 0.3 is 5.97 Å². The van der Waals surface area contributed by atoms with Crippen LogP contribution >= 0.6 is 38.9 Å². The van der Waals surface area contributed by atoms with Gasteiger partial charge in [-0.2, -0.15) is 0 Å². The van der Waals surface area contributed by atoms with E-state index in [2.05, 4.69) is 15.9 Å². The van der Waals surface area contributed by atoms with Gasteiger partial charge in [-0.1, -0.05) is 52.2 Å². The molecule has 1 atom stereocenters. The molecule has 0 fully saturated rings. The quantitative estimate of drug-likeness (QED) is 0.356. The number of esters is 1. The van der Waals surface area contributed by atoms with Crippen LogP contribution in [0.5, 0.6) is 17.2 Å². The Morgan fingerprint density at radius 1 is 1.26 bits per heavy atom. The van der Waals surface area contributed by atoms with E-state index >= 15 is 0 Å². The van der Waals surface area contributed by atoms with Crippen molar-refractivity contribution < 1.29 is 23.7 Å². The number of halogens is 2. The fourth-order valence-electron chi connectivity index (χ4n) is 4.52. The van der Waals surface area contributed by atoms with Gasteiger partial charge in [0.25, 0.3) is 5.56 Å². The molecular weight excluding hydrogens is 596 g/mol.